The minimum Gasteiger partial charge on any atom is -0.490 e. The van der Waals surface area contributed by atoms with Crippen LogP contribution in [0.3, 0.4) is 0 Å². The Morgan fingerprint density at radius 3 is 2.03 bits per heavy atom. The quantitative estimate of drug-likeness (QED) is 0.482. The van der Waals surface area contributed by atoms with Crippen molar-refractivity contribution in [1.82, 2.24) is 0 Å². The van der Waals surface area contributed by atoms with Gasteiger partial charge >= 0.3 is 0 Å². The molecule has 1 amide bonds. The van der Waals surface area contributed by atoms with E-state index in [1.165, 1.54) is 24.3 Å². The zero-order chi connectivity index (χ0) is 23.1. The molecule has 0 unspecified atom stereocenters. The summed E-state index contributed by atoms with van der Waals surface area (Å²) in [5, 5.41) is 2.79. The lowest BCUT2D eigenvalue weighted by Gasteiger charge is -2.13. The molecule has 0 radical (unpaired) electrons. The van der Waals surface area contributed by atoms with Gasteiger partial charge in [0, 0.05) is 23.0 Å². The molecule has 3 aromatic carbocycles. The summed E-state index contributed by atoms with van der Waals surface area (Å²) < 4.78 is 38.8. The van der Waals surface area contributed by atoms with Gasteiger partial charge in [-0.25, -0.2) is 8.42 Å². The lowest BCUT2D eigenvalue weighted by molar-refractivity contribution is 0.102. The molecule has 0 aliphatic rings. The summed E-state index contributed by atoms with van der Waals surface area (Å²) in [6.45, 7) is 6.63. The van der Waals surface area contributed by atoms with Gasteiger partial charge in [-0.05, 0) is 69.3 Å². The first kappa shape index (κ1) is 23.1. The summed E-state index contributed by atoms with van der Waals surface area (Å²) >= 11 is 0. The van der Waals surface area contributed by atoms with Crippen molar-refractivity contribution in [3.05, 3.63) is 77.9 Å². The lowest BCUT2D eigenvalue weighted by atomic mass is 10.2. The van der Waals surface area contributed by atoms with Gasteiger partial charge in [-0.3, -0.25) is 9.52 Å². The van der Waals surface area contributed by atoms with Crippen molar-refractivity contribution in [3.63, 3.8) is 0 Å². The molecule has 0 spiro atoms. The van der Waals surface area contributed by atoms with Gasteiger partial charge in [0.25, 0.3) is 15.9 Å². The van der Waals surface area contributed by atoms with Gasteiger partial charge in [-0.1, -0.05) is 17.7 Å². The second-order valence-electron chi connectivity index (χ2n) is 6.98. The van der Waals surface area contributed by atoms with Crippen molar-refractivity contribution in [2.75, 3.05) is 23.3 Å². The van der Waals surface area contributed by atoms with E-state index in [0.717, 1.165) is 5.56 Å². The van der Waals surface area contributed by atoms with E-state index in [2.05, 4.69) is 10.0 Å². The topological polar surface area (TPSA) is 93.7 Å². The molecule has 168 valence electrons. The molecule has 2 N–H and O–H groups in total. The fourth-order valence-electron chi connectivity index (χ4n) is 2.95. The molecule has 0 fully saturated rings. The fraction of sp³-hybridized carbons (Fsp3) is 0.208. The van der Waals surface area contributed by atoms with Gasteiger partial charge in [0.05, 0.1) is 18.1 Å². The first-order valence-corrected chi connectivity index (χ1v) is 11.7. The summed E-state index contributed by atoms with van der Waals surface area (Å²) in [5.74, 6) is 0.769. The standard InChI is InChI=1S/C24H26N2O5S/c1-4-30-22-15-12-20(16-23(22)31-5-2)25-24(27)18-8-13-21(14-9-18)32(28,29)26-19-10-6-17(3)7-11-19/h6-16,26H,4-5H2,1-3H3,(H,25,27). The van der Waals surface area contributed by atoms with Crippen LogP contribution in [0.15, 0.2) is 71.6 Å². The highest BCUT2D eigenvalue weighted by atomic mass is 32.2. The van der Waals surface area contributed by atoms with E-state index >= 15 is 0 Å². The monoisotopic (exact) mass is 454 g/mol. The van der Waals surface area contributed by atoms with Crippen LogP contribution < -0.4 is 19.5 Å². The number of aryl methyl sites for hydroxylation is 1. The Morgan fingerprint density at radius 2 is 1.41 bits per heavy atom. The van der Waals surface area contributed by atoms with Crippen molar-refractivity contribution in [1.29, 1.82) is 0 Å². The predicted octanol–water partition coefficient (Wildman–Crippen LogP) is 4.85. The zero-order valence-electron chi connectivity index (χ0n) is 18.2. The normalized spacial score (nSPS) is 11.0. The average Bonchev–Trinajstić information content (AvgIpc) is 2.77. The van der Waals surface area contributed by atoms with Gasteiger partial charge in [-0.15, -0.1) is 0 Å². The van der Waals surface area contributed by atoms with Gasteiger partial charge in [0.2, 0.25) is 0 Å². The highest BCUT2D eigenvalue weighted by molar-refractivity contribution is 7.92. The minimum absolute atomic E-state index is 0.0642. The summed E-state index contributed by atoms with van der Waals surface area (Å²) in [6.07, 6.45) is 0. The van der Waals surface area contributed by atoms with Crippen LogP contribution in [0.2, 0.25) is 0 Å². The Labute approximate surface area is 188 Å². The first-order chi connectivity index (χ1) is 15.3. The van der Waals surface area contributed by atoms with Gasteiger partial charge < -0.3 is 14.8 Å². The highest BCUT2D eigenvalue weighted by Crippen LogP contribution is 2.31. The highest BCUT2D eigenvalue weighted by Gasteiger charge is 2.16. The van der Waals surface area contributed by atoms with Crippen LogP contribution in [0.4, 0.5) is 11.4 Å². The lowest BCUT2D eigenvalue weighted by Crippen LogP contribution is -2.15. The number of anilines is 2. The van der Waals surface area contributed by atoms with Crippen LogP contribution in [0.5, 0.6) is 11.5 Å². The molecule has 7 nitrogen and oxygen atoms in total. The molecular formula is C24H26N2O5S. The third-order valence-electron chi connectivity index (χ3n) is 4.53. The fourth-order valence-corrected chi connectivity index (χ4v) is 4.01. The van der Waals surface area contributed by atoms with Crippen LogP contribution in [-0.2, 0) is 10.0 Å². The van der Waals surface area contributed by atoms with Gasteiger partial charge in [0.1, 0.15) is 0 Å². The van der Waals surface area contributed by atoms with Crippen molar-refractivity contribution < 1.29 is 22.7 Å². The van der Waals surface area contributed by atoms with E-state index in [1.54, 1.807) is 30.3 Å². The Bertz CT molecular complexity index is 1170. The Kier molecular flexibility index (Phi) is 7.37. The molecule has 0 aliphatic carbocycles. The van der Waals surface area contributed by atoms with E-state index in [9.17, 15) is 13.2 Å². The maximum atomic E-state index is 12.6. The number of carbonyl (C=O) groups is 1. The van der Waals surface area contributed by atoms with Crippen LogP contribution in [0.1, 0.15) is 29.8 Å². The number of hydrogen-bond donors (Lipinski definition) is 2. The number of benzene rings is 3. The molecule has 8 heteroatoms. The summed E-state index contributed by atoms with van der Waals surface area (Å²) in [5.41, 5.74) is 2.37. The van der Waals surface area contributed by atoms with Crippen molar-refractivity contribution >= 4 is 27.3 Å². The minimum atomic E-state index is -3.76. The number of sulfonamides is 1. The second kappa shape index (κ2) is 10.2. The van der Waals surface area contributed by atoms with Crippen LogP contribution >= 0.6 is 0 Å². The molecule has 32 heavy (non-hydrogen) atoms. The van der Waals surface area contributed by atoms with E-state index in [1.807, 2.05) is 32.9 Å². The van der Waals surface area contributed by atoms with E-state index < -0.39 is 10.0 Å². The Balaban J connectivity index is 1.72. The van der Waals surface area contributed by atoms with E-state index in [4.69, 9.17) is 9.47 Å². The summed E-state index contributed by atoms with van der Waals surface area (Å²) in [4.78, 5) is 12.7. The Hall–Kier alpha value is -3.52. The number of ether oxygens (including phenoxy) is 2. The third-order valence-corrected chi connectivity index (χ3v) is 5.93. The molecule has 0 aromatic heterocycles. The van der Waals surface area contributed by atoms with Gasteiger partial charge in [-0.2, -0.15) is 0 Å². The van der Waals surface area contributed by atoms with Crippen molar-refractivity contribution in [2.24, 2.45) is 0 Å². The molecule has 0 heterocycles. The van der Waals surface area contributed by atoms with E-state index in [-0.39, 0.29) is 10.8 Å². The number of rotatable bonds is 9. The second-order valence-corrected chi connectivity index (χ2v) is 8.66. The van der Waals surface area contributed by atoms with Crippen molar-refractivity contribution in [2.45, 2.75) is 25.7 Å². The smallest absolute Gasteiger partial charge is 0.261 e. The van der Waals surface area contributed by atoms with Crippen LogP contribution in [0.25, 0.3) is 0 Å². The average molecular weight is 455 g/mol. The first-order valence-electron chi connectivity index (χ1n) is 10.2. The van der Waals surface area contributed by atoms with Crippen LogP contribution in [-0.4, -0.2) is 27.5 Å². The Morgan fingerprint density at radius 1 is 0.812 bits per heavy atom. The number of nitrogens with one attached hydrogen (secondary N) is 2. The van der Waals surface area contributed by atoms with Gasteiger partial charge in [0.15, 0.2) is 11.5 Å². The molecule has 0 saturated carbocycles. The van der Waals surface area contributed by atoms with E-state index in [0.29, 0.717) is 41.7 Å². The number of hydrogen-bond acceptors (Lipinski definition) is 5. The SMILES string of the molecule is CCOc1ccc(NC(=O)c2ccc(S(=O)(=O)Nc3ccc(C)cc3)cc2)cc1OCC. The summed E-state index contributed by atoms with van der Waals surface area (Å²) in [7, 11) is -3.76. The molecule has 3 aromatic rings. The number of carbonyl (C=O) groups excluding carboxylic acids is 1. The van der Waals surface area contributed by atoms with Crippen molar-refractivity contribution in [3.8, 4) is 11.5 Å². The largest absolute Gasteiger partial charge is 0.490 e. The molecule has 0 saturated heterocycles. The molecule has 0 atom stereocenters. The third kappa shape index (κ3) is 5.79. The molecular weight excluding hydrogens is 428 g/mol. The molecule has 0 aliphatic heterocycles. The molecule has 0 bridgehead atoms. The number of amides is 1. The predicted molar refractivity (Wildman–Crippen MR) is 125 cm³/mol. The maximum Gasteiger partial charge on any atom is 0.261 e. The zero-order valence-corrected chi connectivity index (χ0v) is 19.0. The summed E-state index contributed by atoms with van der Waals surface area (Å²) in [6, 6.07) is 17.9. The molecule has 3 rings (SSSR count). The van der Waals surface area contributed by atoms with Crippen LogP contribution in [0, 0.1) is 6.92 Å². The maximum absolute atomic E-state index is 12.6.